The van der Waals surface area contributed by atoms with Gasteiger partial charge in [0.15, 0.2) is 29.1 Å². The van der Waals surface area contributed by atoms with Crippen LogP contribution in [0.3, 0.4) is 0 Å². The molecule has 2 amide bonds. The summed E-state index contributed by atoms with van der Waals surface area (Å²) in [5.41, 5.74) is 0.728. The molecule has 0 aromatic heterocycles. The molecule has 0 bridgehead atoms. The van der Waals surface area contributed by atoms with E-state index in [4.69, 9.17) is 0 Å². The second-order valence-electron chi connectivity index (χ2n) is 8.85. The number of carbonyl (C=O) groups is 3. The molecule has 2 aliphatic rings. The number of Topliss-reactive ketones (excluding diaryl/α,β-unsaturated/α-hetero) is 1. The zero-order valence-electron chi connectivity index (χ0n) is 19.4. The Hall–Kier alpha value is -3.75. The van der Waals surface area contributed by atoms with Gasteiger partial charge >= 0.3 is 0 Å². The van der Waals surface area contributed by atoms with E-state index in [0.29, 0.717) is 13.1 Å². The topological polar surface area (TPSA) is 57.7 Å². The molecule has 2 saturated heterocycles. The molecular formula is C27H24F4N2O3. The van der Waals surface area contributed by atoms with Crippen molar-refractivity contribution in [2.45, 2.75) is 25.7 Å². The van der Waals surface area contributed by atoms with Crippen molar-refractivity contribution in [3.05, 3.63) is 81.9 Å². The van der Waals surface area contributed by atoms with Gasteiger partial charge in [0, 0.05) is 50.2 Å². The van der Waals surface area contributed by atoms with Crippen LogP contribution in [0.5, 0.6) is 0 Å². The number of amides is 2. The zero-order chi connectivity index (χ0) is 25.8. The average molecular weight is 500 g/mol. The van der Waals surface area contributed by atoms with Gasteiger partial charge in [-0.1, -0.05) is 12.1 Å². The van der Waals surface area contributed by atoms with Crippen molar-refractivity contribution >= 4 is 29.7 Å². The second kappa shape index (κ2) is 10.9. The Morgan fingerprint density at radius 3 is 1.58 bits per heavy atom. The lowest BCUT2D eigenvalue weighted by Gasteiger charge is -2.30. The highest BCUT2D eigenvalue weighted by atomic mass is 19.2. The maximum atomic E-state index is 13.7. The Morgan fingerprint density at radius 2 is 1.14 bits per heavy atom. The predicted molar refractivity (Wildman–Crippen MR) is 125 cm³/mol. The number of benzene rings is 2. The summed E-state index contributed by atoms with van der Waals surface area (Å²) in [5, 5.41) is 0. The SMILES string of the molecule is O=C1/C(=C/c2ccc(F)c(F)c2)CN(C(=O)CCC(=O)N2CCCC2)C/C1=C\c1ccc(F)c(F)c1. The number of hydrogen-bond donors (Lipinski definition) is 0. The fraction of sp³-hybridized carbons (Fsp3) is 0.296. The molecule has 0 saturated carbocycles. The third kappa shape index (κ3) is 5.90. The molecule has 2 heterocycles. The molecule has 0 radical (unpaired) electrons. The van der Waals surface area contributed by atoms with Crippen molar-refractivity contribution in [3.8, 4) is 0 Å². The Labute approximate surface area is 205 Å². The van der Waals surface area contributed by atoms with Crippen LogP contribution in [0.2, 0.25) is 0 Å². The number of hydrogen-bond acceptors (Lipinski definition) is 3. The van der Waals surface area contributed by atoms with Crippen LogP contribution in [0.15, 0.2) is 47.5 Å². The zero-order valence-corrected chi connectivity index (χ0v) is 19.4. The lowest BCUT2D eigenvalue weighted by atomic mass is 9.93. The molecule has 0 unspecified atom stereocenters. The molecule has 188 valence electrons. The van der Waals surface area contributed by atoms with Crippen LogP contribution in [-0.2, 0) is 14.4 Å². The Morgan fingerprint density at radius 1 is 0.694 bits per heavy atom. The van der Waals surface area contributed by atoms with Gasteiger partial charge in [-0.05, 0) is 60.4 Å². The molecule has 2 aromatic rings. The quantitative estimate of drug-likeness (QED) is 0.448. The summed E-state index contributed by atoms with van der Waals surface area (Å²) in [6.45, 7) is 1.16. The number of ketones is 1. The van der Waals surface area contributed by atoms with Gasteiger partial charge in [0.1, 0.15) is 0 Å². The molecule has 0 spiro atoms. The first kappa shape index (κ1) is 25.3. The van der Waals surface area contributed by atoms with Gasteiger partial charge < -0.3 is 9.80 Å². The third-order valence-electron chi connectivity index (χ3n) is 6.24. The summed E-state index contributed by atoms with van der Waals surface area (Å²) in [7, 11) is 0. The summed E-state index contributed by atoms with van der Waals surface area (Å²) >= 11 is 0. The first-order chi connectivity index (χ1) is 17.2. The molecule has 0 atom stereocenters. The van der Waals surface area contributed by atoms with Crippen LogP contribution in [0, 0.1) is 23.3 Å². The molecule has 0 N–H and O–H groups in total. The van der Waals surface area contributed by atoms with Crippen molar-refractivity contribution < 1.29 is 31.9 Å². The molecule has 9 heteroatoms. The third-order valence-corrected chi connectivity index (χ3v) is 6.24. The normalized spacial score (nSPS) is 18.4. The summed E-state index contributed by atoms with van der Waals surface area (Å²) < 4.78 is 54.1. The first-order valence-electron chi connectivity index (χ1n) is 11.6. The predicted octanol–water partition coefficient (Wildman–Crippen LogP) is 4.52. The Kier molecular flexibility index (Phi) is 7.67. The van der Waals surface area contributed by atoms with E-state index >= 15 is 0 Å². The first-order valence-corrected chi connectivity index (χ1v) is 11.6. The molecule has 0 aliphatic carbocycles. The lowest BCUT2D eigenvalue weighted by Crippen LogP contribution is -2.42. The largest absolute Gasteiger partial charge is 0.343 e. The van der Waals surface area contributed by atoms with Crippen LogP contribution < -0.4 is 0 Å². The van der Waals surface area contributed by atoms with Crippen molar-refractivity contribution in [2.24, 2.45) is 0 Å². The maximum Gasteiger partial charge on any atom is 0.223 e. The lowest BCUT2D eigenvalue weighted by molar-refractivity contribution is -0.136. The molecule has 5 nitrogen and oxygen atoms in total. The van der Waals surface area contributed by atoms with E-state index in [1.165, 1.54) is 29.2 Å². The monoisotopic (exact) mass is 500 g/mol. The second-order valence-corrected chi connectivity index (χ2v) is 8.85. The van der Waals surface area contributed by atoms with Gasteiger partial charge in [0.05, 0.1) is 0 Å². The van der Waals surface area contributed by atoms with Gasteiger partial charge in [-0.2, -0.15) is 0 Å². The molecule has 4 rings (SSSR count). The minimum absolute atomic E-state index is 0.0354. The van der Waals surface area contributed by atoms with E-state index in [9.17, 15) is 31.9 Å². The van der Waals surface area contributed by atoms with Crippen molar-refractivity contribution in [1.29, 1.82) is 0 Å². The minimum atomic E-state index is -1.08. The number of halogens is 4. The van der Waals surface area contributed by atoms with E-state index in [1.807, 2.05) is 0 Å². The summed E-state index contributed by atoms with van der Waals surface area (Å²) in [6, 6.07) is 6.33. The molecule has 2 fully saturated rings. The average Bonchev–Trinajstić information content (AvgIpc) is 3.39. The van der Waals surface area contributed by atoms with Crippen LogP contribution in [-0.4, -0.2) is 53.6 Å². The standard InChI is InChI=1S/C27H24F4N2O3/c28-21-5-3-17(13-23(21)30)11-19-15-33(26(35)8-7-25(34)32-9-1-2-10-32)16-20(27(19)36)12-18-4-6-22(29)24(31)14-18/h3-6,11-14H,1-2,7-10,15-16H2/b19-11+,20-12+. The maximum absolute atomic E-state index is 13.7. The molecule has 2 aromatic carbocycles. The van der Waals surface area contributed by atoms with E-state index in [0.717, 1.165) is 37.1 Å². The number of rotatable bonds is 5. The van der Waals surface area contributed by atoms with Crippen molar-refractivity contribution in [3.63, 3.8) is 0 Å². The summed E-state index contributed by atoms with van der Waals surface area (Å²) in [5.74, 6) is -5.17. The summed E-state index contributed by atoms with van der Waals surface area (Å²) in [6.07, 6.45) is 4.57. The van der Waals surface area contributed by atoms with Gasteiger partial charge in [-0.15, -0.1) is 0 Å². The fourth-order valence-electron chi connectivity index (χ4n) is 4.32. The van der Waals surface area contributed by atoms with Crippen molar-refractivity contribution in [2.75, 3.05) is 26.2 Å². The molecule has 2 aliphatic heterocycles. The Bertz CT molecular complexity index is 1190. The fourth-order valence-corrected chi connectivity index (χ4v) is 4.32. The van der Waals surface area contributed by atoms with Crippen LogP contribution in [0.4, 0.5) is 17.6 Å². The van der Waals surface area contributed by atoms with E-state index < -0.39 is 29.1 Å². The molecular weight excluding hydrogens is 476 g/mol. The summed E-state index contributed by atoms with van der Waals surface area (Å²) in [4.78, 5) is 41.6. The van der Waals surface area contributed by atoms with Crippen molar-refractivity contribution in [1.82, 2.24) is 9.80 Å². The van der Waals surface area contributed by atoms with Crippen LogP contribution >= 0.6 is 0 Å². The van der Waals surface area contributed by atoms with Gasteiger partial charge in [-0.25, -0.2) is 17.6 Å². The van der Waals surface area contributed by atoms with Gasteiger partial charge in [0.2, 0.25) is 11.8 Å². The van der Waals surface area contributed by atoms with E-state index in [-0.39, 0.29) is 60.0 Å². The van der Waals surface area contributed by atoms with Crippen LogP contribution in [0.1, 0.15) is 36.8 Å². The molecule has 36 heavy (non-hydrogen) atoms. The van der Waals surface area contributed by atoms with E-state index in [2.05, 4.69) is 0 Å². The smallest absolute Gasteiger partial charge is 0.223 e. The highest BCUT2D eigenvalue weighted by molar-refractivity contribution is 6.15. The number of likely N-dealkylation sites (tertiary alicyclic amines) is 2. The Balaban J connectivity index is 1.60. The number of carbonyl (C=O) groups excluding carboxylic acids is 3. The van der Waals surface area contributed by atoms with Crippen LogP contribution in [0.25, 0.3) is 12.2 Å². The van der Waals surface area contributed by atoms with Gasteiger partial charge in [-0.3, -0.25) is 14.4 Å². The highest BCUT2D eigenvalue weighted by Gasteiger charge is 2.30. The number of piperidine rings is 1. The minimum Gasteiger partial charge on any atom is -0.343 e. The number of nitrogens with zero attached hydrogens (tertiary/aromatic N) is 2. The van der Waals surface area contributed by atoms with E-state index in [1.54, 1.807) is 4.90 Å². The van der Waals surface area contributed by atoms with Gasteiger partial charge in [0.25, 0.3) is 0 Å². The highest BCUT2D eigenvalue weighted by Crippen LogP contribution is 2.24.